The van der Waals surface area contributed by atoms with E-state index in [1.54, 1.807) is 23.1 Å². The van der Waals surface area contributed by atoms with Crippen LogP contribution in [-0.2, 0) is 23.8 Å². The van der Waals surface area contributed by atoms with Gasteiger partial charge in [-0.15, -0.1) is 0 Å². The van der Waals surface area contributed by atoms with Crippen molar-refractivity contribution in [1.82, 2.24) is 15.5 Å². The maximum atomic E-state index is 14.6. The number of rotatable bonds is 6. The molecule has 2 heterocycles. The molecule has 1 unspecified atom stereocenters. The fourth-order valence-corrected chi connectivity index (χ4v) is 4.43. The van der Waals surface area contributed by atoms with Gasteiger partial charge in [0.05, 0.1) is 6.04 Å². The molecule has 1 amide bonds. The number of halogens is 3. The Morgan fingerprint density at radius 1 is 1.19 bits per heavy atom. The van der Waals surface area contributed by atoms with E-state index in [9.17, 15) is 28.9 Å². The minimum atomic E-state index is -3.48. The molecule has 0 spiro atoms. The van der Waals surface area contributed by atoms with Gasteiger partial charge in [-0.2, -0.15) is 8.78 Å². The lowest BCUT2D eigenvalue weighted by molar-refractivity contribution is -0.139. The first-order valence-corrected chi connectivity index (χ1v) is 11.1. The molecule has 2 aliphatic rings. The summed E-state index contributed by atoms with van der Waals surface area (Å²) < 4.78 is 29.8. The maximum absolute atomic E-state index is 14.6. The van der Waals surface area contributed by atoms with Gasteiger partial charge in [-0.1, -0.05) is 46.3 Å². The molecular formula is C22H24BrF2N3O4. The number of piperidine rings is 1. The van der Waals surface area contributed by atoms with Crippen LogP contribution in [0.2, 0.25) is 0 Å². The monoisotopic (exact) mass is 511 g/mol. The molecule has 4 rings (SSSR count). The summed E-state index contributed by atoms with van der Waals surface area (Å²) in [5, 5.41) is 35.3. The van der Waals surface area contributed by atoms with Gasteiger partial charge in [0.15, 0.2) is 6.23 Å². The number of aliphatic hydroxyl groups is 3. The normalized spacial score (nSPS) is 24.8. The van der Waals surface area contributed by atoms with Gasteiger partial charge in [0, 0.05) is 23.1 Å². The van der Waals surface area contributed by atoms with E-state index in [4.69, 9.17) is 0 Å². The van der Waals surface area contributed by atoms with Crippen molar-refractivity contribution in [3.8, 4) is 0 Å². The van der Waals surface area contributed by atoms with Crippen molar-refractivity contribution in [2.45, 2.75) is 56.6 Å². The number of amides is 1. The standard InChI is InChI=1S/C22H24BrF2N3O4/c23-15-4-2-14(3-5-15)22(24,25)21(32)26-10-12-1-6-16-13(9-12)11-28(20(16)31)17-7-8-18(29)27-19(17)30/h1-6,9,17-18,20-21,26,29,31-32H,7-8,10-11H2,(H,27,30)/t17?,18-,20+,21-/m1/s1. The highest BCUT2D eigenvalue weighted by molar-refractivity contribution is 9.10. The molecule has 1 fully saturated rings. The van der Waals surface area contributed by atoms with Crippen LogP contribution >= 0.6 is 15.9 Å². The maximum Gasteiger partial charge on any atom is 0.311 e. The number of hydrogen-bond donors (Lipinski definition) is 5. The zero-order valence-corrected chi connectivity index (χ0v) is 18.6. The number of nitrogens with one attached hydrogen (secondary N) is 2. The Bertz CT molecular complexity index is 992. The third-order valence-electron chi connectivity index (χ3n) is 5.95. The third kappa shape index (κ3) is 4.57. The molecule has 2 aromatic carbocycles. The van der Waals surface area contributed by atoms with Crippen LogP contribution in [0, 0.1) is 0 Å². The Morgan fingerprint density at radius 3 is 2.59 bits per heavy atom. The van der Waals surface area contributed by atoms with Gasteiger partial charge >= 0.3 is 5.92 Å². The minimum Gasteiger partial charge on any atom is -0.374 e. The second-order valence-electron chi connectivity index (χ2n) is 8.11. The molecule has 0 saturated carbocycles. The quantitative estimate of drug-likeness (QED) is 0.380. The molecule has 1 saturated heterocycles. The molecule has 10 heteroatoms. The highest BCUT2D eigenvalue weighted by Crippen LogP contribution is 2.36. The number of carbonyl (C=O) groups excluding carboxylic acids is 1. The highest BCUT2D eigenvalue weighted by Gasteiger charge is 2.41. The van der Waals surface area contributed by atoms with Crippen LogP contribution in [0.3, 0.4) is 0 Å². The van der Waals surface area contributed by atoms with Crippen molar-refractivity contribution in [2.75, 3.05) is 0 Å². The van der Waals surface area contributed by atoms with E-state index < -0.39 is 30.6 Å². The summed E-state index contributed by atoms with van der Waals surface area (Å²) in [5.41, 5.74) is 1.79. The minimum absolute atomic E-state index is 0.00718. The van der Waals surface area contributed by atoms with E-state index in [-0.39, 0.29) is 18.0 Å². The number of hydrogen-bond acceptors (Lipinski definition) is 6. The fourth-order valence-electron chi connectivity index (χ4n) is 4.17. The summed E-state index contributed by atoms with van der Waals surface area (Å²) in [7, 11) is 0. The van der Waals surface area contributed by atoms with Gasteiger partial charge in [0.25, 0.3) is 0 Å². The SMILES string of the molecule is O=C1N[C@H](O)CCC1N1Cc2cc(CN[C@H](O)C(F)(F)c3ccc(Br)cc3)ccc2[C@@H]1O. The second-order valence-corrected chi connectivity index (χ2v) is 9.03. The van der Waals surface area contributed by atoms with Crippen molar-refractivity contribution < 1.29 is 28.9 Å². The molecule has 0 aromatic heterocycles. The molecule has 7 nitrogen and oxygen atoms in total. The summed E-state index contributed by atoms with van der Waals surface area (Å²) in [6.07, 6.45) is -3.11. The van der Waals surface area contributed by atoms with Crippen LogP contribution in [0.5, 0.6) is 0 Å². The first-order valence-electron chi connectivity index (χ1n) is 10.3. The molecule has 0 aliphatic carbocycles. The largest absolute Gasteiger partial charge is 0.374 e. The lowest BCUT2D eigenvalue weighted by atomic mass is 10.0. The first kappa shape index (κ1) is 23.2. The van der Waals surface area contributed by atoms with Crippen molar-refractivity contribution in [1.29, 1.82) is 0 Å². The van der Waals surface area contributed by atoms with Crippen molar-refractivity contribution in [3.63, 3.8) is 0 Å². The second kappa shape index (κ2) is 9.12. The van der Waals surface area contributed by atoms with Crippen LogP contribution in [0.25, 0.3) is 0 Å². The molecule has 0 radical (unpaired) electrons. The number of carbonyl (C=O) groups is 1. The van der Waals surface area contributed by atoms with E-state index in [0.29, 0.717) is 35.0 Å². The van der Waals surface area contributed by atoms with Gasteiger partial charge < -0.3 is 20.6 Å². The van der Waals surface area contributed by atoms with E-state index in [1.165, 1.54) is 24.3 Å². The molecule has 2 aromatic rings. The molecule has 172 valence electrons. The Hall–Kier alpha value is -1.95. The molecular weight excluding hydrogens is 488 g/mol. The summed E-state index contributed by atoms with van der Waals surface area (Å²) in [6.45, 7) is 0.308. The van der Waals surface area contributed by atoms with E-state index in [0.717, 1.165) is 5.56 Å². The van der Waals surface area contributed by atoms with Gasteiger partial charge in [0.1, 0.15) is 12.5 Å². The summed E-state index contributed by atoms with van der Waals surface area (Å²) in [6, 6.07) is 10.1. The lowest BCUT2D eigenvalue weighted by Gasteiger charge is -2.34. The van der Waals surface area contributed by atoms with Gasteiger partial charge in [0.2, 0.25) is 5.91 Å². The number of nitrogens with zero attached hydrogens (tertiary/aromatic N) is 1. The molecule has 32 heavy (non-hydrogen) atoms. The van der Waals surface area contributed by atoms with E-state index in [1.807, 2.05) is 0 Å². The zero-order chi connectivity index (χ0) is 23.0. The Kier molecular flexibility index (Phi) is 6.62. The zero-order valence-electron chi connectivity index (χ0n) is 17.0. The number of benzene rings is 2. The average molecular weight is 512 g/mol. The third-order valence-corrected chi connectivity index (χ3v) is 6.48. The number of alkyl halides is 2. The van der Waals surface area contributed by atoms with Crippen LogP contribution in [0.4, 0.5) is 8.78 Å². The Balaban J connectivity index is 1.41. The molecule has 4 atom stereocenters. The predicted molar refractivity (Wildman–Crippen MR) is 115 cm³/mol. The van der Waals surface area contributed by atoms with Gasteiger partial charge in [-0.05, 0) is 41.7 Å². The summed E-state index contributed by atoms with van der Waals surface area (Å²) in [4.78, 5) is 13.9. The van der Waals surface area contributed by atoms with Crippen molar-refractivity contribution >= 4 is 21.8 Å². The number of aliphatic hydroxyl groups excluding tert-OH is 3. The lowest BCUT2D eigenvalue weighted by Crippen LogP contribution is -2.53. The first-order chi connectivity index (χ1) is 15.2. The molecule has 2 aliphatic heterocycles. The van der Waals surface area contributed by atoms with Crippen LogP contribution in [0.15, 0.2) is 46.9 Å². The summed E-state index contributed by atoms with van der Waals surface area (Å²) >= 11 is 3.20. The fraction of sp³-hybridized carbons (Fsp3) is 0.409. The number of fused-ring (bicyclic) bond motifs is 1. The van der Waals surface area contributed by atoms with Crippen LogP contribution < -0.4 is 10.6 Å². The summed E-state index contributed by atoms with van der Waals surface area (Å²) in [5.74, 6) is -3.82. The van der Waals surface area contributed by atoms with Crippen LogP contribution in [-0.4, -0.2) is 44.6 Å². The van der Waals surface area contributed by atoms with E-state index >= 15 is 0 Å². The molecule has 0 bridgehead atoms. The van der Waals surface area contributed by atoms with Gasteiger partial charge in [-0.3, -0.25) is 15.0 Å². The van der Waals surface area contributed by atoms with Crippen molar-refractivity contribution in [2.24, 2.45) is 0 Å². The van der Waals surface area contributed by atoms with E-state index in [2.05, 4.69) is 26.6 Å². The smallest absolute Gasteiger partial charge is 0.311 e. The Labute approximate surface area is 192 Å². The van der Waals surface area contributed by atoms with Crippen molar-refractivity contribution in [3.05, 3.63) is 69.2 Å². The highest BCUT2D eigenvalue weighted by atomic mass is 79.9. The molecule has 5 N–H and O–H groups in total. The van der Waals surface area contributed by atoms with Gasteiger partial charge in [-0.25, -0.2) is 0 Å². The predicted octanol–water partition coefficient (Wildman–Crippen LogP) is 2.05. The average Bonchev–Trinajstić information content (AvgIpc) is 3.08. The Morgan fingerprint density at radius 2 is 1.91 bits per heavy atom. The van der Waals surface area contributed by atoms with Crippen LogP contribution in [0.1, 0.15) is 41.3 Å². The topological polar surface area (TPSA) is 105 Å².